The number of non-ortho nitro benzene ring substituents is 1. The molecule has 1 amide bonds. The Morgan fingerprint density at radius 3 is 2.53 bits per heavy atom. The Morgan fingerprint density at radius 1 is 1.23 bits per heavy atom. The second-order valence-corrected chi connectivity index (χ2v) is 6.45. The number of nitrogens with one attached hydrogen (secondary N) is 2. The van der Waals surface area contributed by atoms with E-state index in [1.165, 1.54) is 32.4 Å². The molecular weight excluding hydrogens is 412 g/mol. The smallest absolute Gasteiger partial charge is 0.271 e. The maximum absolute atomic E-state index is 12.5. The standard InChI is InChI=1S/C20H19ClN4O5/c1-12(13-4-7-18(29-2)19(8-13)30-3)24-20(26)14(10-22)11-23-17-9-15(25(27)28)5-6-16(17)21/h4-9,11-12,23H,1-3H3,(H,24,26)/b14-11-. The zero-order chi connectivity index (χ0) is 22.3. The van der Waals surface area contributed by atoms with E-state index in [4.69, 9.17) is 21.1 Å². The fraction of sp³-hybridized carbons (Fsp3) is 0.200. The Morgan fingerprint density at radius 2 is 1.93 bits per heavy atom. The number of hydrogen-bond donors (Lipinski definition) is 2. The lowest BCUT2D eigenvalue weighted by Gasteiger charge is -2.16. The predicted octanol–water partition coefficient (Wildman–Crippen LogP) is 3.96. The summed E-state index contributed by atoms with van der Waals surface area (Å²) < 4.78 is 10.4. The molecule has 2 aromatic carbocycles. The first-order valence-electron chi connectivity index (χ1n) is 8.64. The van der Waals surface area contributed by atoms with Crippen molar-refractivity contribution < 1.29 is 19.2 Å². The van der Waals surface area contributed by atoms with Gasteiger partial charge in [0.15, 0.2) is 11.5 Å². The summed E-state index contributed by atoms with van der Waals surface area (Å²) in [6.07, 6.45) is 1.14. The van der Waals surface area contributed by atoms with Gasteiger partial charge in [-0.1, -0.05) is 17.7 Å². The Labute approximate surface area is 178 Å². The van der Waals surface area contributed by atoms with Crippen LogP contribution in [0.5, 0.6) is 11.5 Å². The van der Waals surface area contributed by atoms with Crippen molar-refractivity contribution in [3.05, 3.63) is 68.9 Å². The number of methoxy groups -OCH3 is 2. The normalized spacial score (nSPS) is 11.8. The molecule has 0 aliphatic heterocycles. The van der Waals surface area contributed by atoms with E-state index in [1.54, 1.807) is 31.2 Å². The van der Waals surface area contributed by atoms with Gasteiger partial charge >= 0.3 is 0 Å². The van der Waals surface area contributed by atoms with Gasteiger partial charge in [-0.2, -0.15) is 5.26 Å². The minimum absolute atomic E-state index is 0.180. The van der Waals surface area contributed by atoms with Crippen molar-refractivity contribution in [3.63, 3.8) is 0 Å². The highest BCUT2D eigenvalue weighted by Crippen LogP contribution is 2.30. The van der Waals surface area contributed by atoms with Crippen LogP contribution in [0.2, 0.25) is 5.02 Å². The van der Waals surface area contributed by atoms with E-state index in [0.29, 0.717) is 11.5 Å². The molecule has 0 radical (unpaired) electrons. The summed E-state index contributed by atoms with van der Waals surface area (Å²) >= 11 is 6.00. The first-order valence-corrected chi connectivity index (χ1v) is 9.02. The second kappa shape index (κ2) is 10.1. The number of nitro benzene ring substituents is 1. The average Bonchev–Trinajstić information content (AvgIpc) is 2.74. The van der Waals surface area contributed by atoms with Gasteiger partial charge in [0, 0.05) is 18.3 Å². The highest BCUT2D eigenvalue weighted by molar-refractivity contribution is 6.33. The molecule has 0 saturated heterocycles. The lowest BCUT2D eigenvalue weighted by atomic mass is 10.1. The molecule has 2 rings (SSSR count). The number of nitriles is 1. The quantitative estimate of drug-likeness (QED) is 0.281. The highest BCUT2D eigenvalue weighted by Gasteiger charge is 2.16. The number of carbonyl (C=O) groups is 1. The molecule has 156 valence electrons. The zero-order valence-corrected chi connectivity index (χ0v) is 17.2. The SMILES string of the molecule is COc1ccc(C(C)NC(=O)/C(C#N)=C\Nc2cc([N+](=O)[O-])ccc2Cl)cc1OC. The van der Waals surface area contributed by atoms with Crippen molar-refractivity contribution >= 4 is 28.9 Å². The second-order valence-electron chi connectivity index (χ2n) is 6.04. The van der Waals surface area contributed by atoms with Crippen molar-refractivity contribution in [1.82, 2.24) is 5.32 Å². The molecule has 0 aliphatic rings. The molecule has 2 aromatic rings. The third-order valence-electron chi connectivity index (χ3n) is 4.15. The fourth-order valence-electron chi connectivity index (χ4n) is 2.52. The summed E-state index contributed by atoms with van der Waals surface area (Å²) in [6, 6.07) is 10.4. The summed E-state index contributed by atoms with van der Waals surface area (Å²) in [4.78, 5) is 22.8. The van der Waals surface area contributed by atoms with Crippen LogP contribution in [0, 0.1) is 21.4 Å². The van der Waals surface area contributed by atoms with Gasteiger partial charge in [0.2, 0.25) is 0 Å². The van der Waals surface area contributed by atoms with Crippen molar-refractivity contribution in [1.29, 1.82) is 5.26 Å². The molecule has 0 bridgehead atoms. The van der Waals surface area contributed by atoms with E-state index < -0.39 is 16.9 Å². The number of hydrogen-bond acceptors (Lipinski definition) is 7. The molecule has 0 spiro atoms. The van der Waals surface area contributed by atoms with Gasteiger partial charge in [-0.15, -0.1) is 0 Å². The minimum atomic E-state index is -0.631. The predicted molar refractivity (Wildman–Crippen MR) is 112 cm³/mol. The molecule has 0 heterocycles. The molecule has 1 atom stereocenters. The van der Waals surface area contributed by atoms with Crippen molar-refractivity contribution in [2.75, 3.05) is 19.5 Å². The van der Waals surface area contributed by atoms with Crippen LogP contribution in [0.25, 0.3) is 0 Å². The first-order chi connectivity index (χ1) is 14.3. The molecule has 2 N–H and O–H groups in total. The largest absolute Gasteiger partial charge is 0.493 e. The zero-order valence-electron chi connectivity index (χ0n) is 16.4. The van der Waals surface area contributed by atoms with Gasteiger partial charge in [-0.05, 0) is 30.7 Å². The topological polar surface area (TPSA) is 127 Å². The summed E-state index contributed by atoms with van der Waals surface area (Å²) in [5.41, 5.74) is 0.526. The number of carbonyl (C=O) groups excluding carboxylic acids is 1. The third kappa shape index (κ3) is 5.40. The van der Waals surface area contributed by atoms with Crippen molar-refractivity contribution in [2.24, 2.45) is 0 Å². The molecule has 0 fully saturated rings. The molecule has 1 unspecified atom stereocenters. The highest BCUT2D eigenvalue weighted by atomic mass is 35.5. The molecule has 9 nitrogen and oxygen atoms in total. The van der Waals surface area contributed by atoms with E-state index in [1.807, 2.05) is 0 Å². The number of halogens is 1. The molecule has 0 saturated carbocycles. The monoisotopic (exact) mass is 430 g/mol. The Hall–Kier alpha value is -3.77. The van der Waals surface area contributed by atoms with Gasteiger partial charge in [0.25, 0.3) is 11.6 Å². The summed E-state index contributed by atoms with van der Waals surface area (Å²) in [5, 5.41) is 25.8. The first kappa shape index (κ1) is 22.5. The lowest BCUT2D eigenvalue weighted by Crippen LogP contribution is -2.28. The van der Waals surface area contributed by atoms with Crippen LogP contribution < -0.4 is 20.1 Å². The lowest BCUT2D eigenvalue weighted by molar-refractivity contribution is -0.384. The maximum atomic E-state index is 12.5. The van der Waals surface area contributed by atoms with Crippen LogP contribution >= 0.6 is 11.6 Å². The number of nitro groups is 1. The molecule has 0 aliphatic carbocycles. The van der Waals surface area contributed by atoms with Gasteiger partial charge in [0.1, 0.15) is 11.6 Å². The number of nitrogens with zero attached hydrogens (tertiary/aromatic N) is 2. The van der Waals surface area contributed by atoms with Gasteiger partial charge < -0.3 is 20.1 Å². The molecule has 0 aromatic heterocycles. The molecular formula is C20H19ClN4O5. The Balaban J connectivity index is 2.16. The van der Waals surface area contributed by atoms with Gasteiger partial charge in [0.05, 0.1) is 35.9 Å². The van der Waals surface area contributed by atoms with Crippen LogP contribution in [0.4, 0.5) is 11.4 Å². The number of anilines is 1. The average molecular weight is 431 g/mol. The van der Waals surface area contributed by atoms with Crippen LogP contribution in [-0.2, 0) is 4.79 Å². The van der Waals surface area contributed by atoms with Crippen LogP contribution in [0.3, 0.4) is 0 Å². The number of rotatable bonds is 8. The summed E-state index contributed by atoms with van der Waals surface area (Å²) in [5.74, 6) is 0.429. The minimum Gasteiger partial charge on any atom is -0.493 e. The molecule has 10 heteroatoms. The van der Waals surface area contributed by atoms with Gasteiger partial charge in [-0.25, -0.2) is 0 Å². The third-order valence-corrected chi connectivity index (χ3v) is 4.48. The van der Waals surface area contributed by atoms with E-state index in [-0.39, 0.29) is 22.0 Å². The number of ether oxygens (including phenoxy) is 2. The van der Waals surface area contributed by atoms with E-state index >= 15 is 0 Å². The Bertz CT molecular complexity index is 1030. The van der Waals surface area contributed by atoms with Gasteiger partial charge in [-0.3, -0.25) is 14.9 Å². The van der Waals surface area contributed by atoms with Crippen LogP contribution in [0.15, 0.2) is 48.2 Å². The van der Waals surface area contributed by atoms with E-state index in [9.17, 15) is 20.2 Å². The van der Waals surface area contributed by atoms with Crippen molar-refractivity contribution in [2.45, 2.75) is 13.0 Å². The van der Waals surface area contributed by atoms with Crippen molar-refractivity contribution in [3.8, 4) is 17.6 Å². The summed E-state index contributed by atoms with van der Waals surface area (Å²) in [6.45, 7) is 1.75. The molecule has 30 heavy (non-hydrogen) atoms. The Kier molecular flexibility index (Phi) is 7.61. The fourth-order valence-corrected chi connectivity index (χ4v) is 2.69. The summed E-state index contributed by atoms with van der Waals surface area (Å²) in [7, 11) is 3.03. The number of amides is 1. The van der Waals surface area contributed by atoms with E-state index in [0.717, 1.165) is 11.8 Å². The maximum Gasteiger partial charge on any atom is 0.271 e. The van der Waals surface area contributed by atoms with Crippen LogP contribution in [0.1, 0.15) is 18.5 Å². The van der Waals surface area contributed by atoms with Crippen LogP contribution in [-0.4, -0.2) is 25.1 Å². The number of benzene rings is 2. The van der Waals surface area contributed by atoms with E-state index in [2.05, 4.69) is 10.6 Å².